The molecule has 2 amide bonds. The first-order chi connectivity index (χ1) is 17.6. The van der Waals surface area contributed by atoms with Gasteiger partial charge in [0.25, 0.3) is 0 Å². The highest BCUT2D eigenvalue weighted by molar-refractivity contribution is 5.89. The molecule has 1 aliphatic heterocycles. The van der Waals surface area contributed by atoms with E-state index in [1.165, 1.54) is 12.0 Å². The molecule has 37 heavy (non-hydrogen) atoms. The zero-order chi connectivity index (χ0) is 27.4. The Morgan fingerprint density at radius 2 is 1.70 bits per heavy atom. The Kier molecular flexibility index (Phi) is 12.3. The van der Waals surface area contributed by atoms with Gasteiger partial charge in [0, 0.05) is 26.6 Å². The Labute approximate surface area is 221 Å². The van der Waals surface area contributed by atoms with Crippen molar-refractivity contribution < 1.29 is 33.3 Å². The molecule has 0 aliphatic carbocycles. The monoisotopic (exact) mass is 520 g/mol. The largest absolute Gasteiger partial charge is 0.467 e. The Balaban J connectivity index is 2.45. The number of esters is 1. The first-order valence-electron chi connectivity index (χ1n) is 13.1. The van der Waals surface area contributed by atoms with Crippen molar-refractivity contribution >= 4 is 18.0 Å². The highest BCUT2D eigenvalue weighted by Crippen LogP contribution is 2.25. The number of methoxy groups -OCH3 is 2. The number of carbonyl (C=O) groups is 3. The van der Waals surface area contributed by atoms with Gasteiger partial charge in [-0.1, -0.05) is 50.1 Å². The minimum absolute atomic E-state index is 0.00547. The molecule has 0 aromatic heterocycles. The van der Waals surface area contributed by atoms with E-state index < -0.39 is 29.7 Å². The lowest BCUT2D eigenvalue weighted by Gasteiger charge is -2.40. The average molecular weight is 521 g/mol. The lowest BCUT2D eigenvalue weighted by molar-refractivity contribution is -0.152. The number of rotatable bonds is 12. The van der Waals surface area contributed by atoms with Crippen molar-refractivity contribution in [2.75, 3.05) is 34.1 Å². The first kappa shape index (κ1) is 30.6. The van der Waals surface area contributed by atoms with Crippen molar-refractivity contribution in [2.45, 2.75) is 90.0 Å². The fraction of sp³-hybridized carbons (Fsp3) is 0.679. The van der Waals surface area contributed by atoms with E-state index in [0.717, 1.165) is 12.0 Å². The summed E-state index contributed by atoms with van der Waals surface area (Å²) in [6.07, 6.45) is 2.76. The van der Waals surface area contributed by atoms with Crippen LogP contribution in [0, 0.1) is 0 Å². The van der Waals surface area contributed by atoms with Gasteiger partial charge in [0.1, 0.15) is 24.5 Å². The number of hydrogen-bond donors (Lipinski definition) is 0. The van der Waals surface area contributed by atoms with Crippen LogP contribution in [0.25, 0.3) is 0 Å². The van der Waals surface area contributed by atoms with Crippen LogP contribution in [0.5, 0.6) is 0 Å². The van der Waals surface area contributed by atoms with Gasteiger partial charge in [-0.05, 0) is 45.6 Å². The number of nitrogens with zero attached hydrogens (tertiary/aromatic N) is 2. The maximum Gasteiger partial charge on any atom is 0.411 e. The second kappa shape index (κ2) is 14.9. The van der Waals surface area contributed by atoms with E-state index in [1.807, 2.05) is 37.3 Å². The smallest absolute Gasteiger partial charge is 0.411 e. The molecule has 2 atom stereocenters. The predicted octanol–water partition coefficient (Wildman–Crippen LogP) is 4.18. The van der Waals surface area contributed by atoms with Gasteiger partial charge in [-0.3, -0.25) is 9.69 Å². The Morgan fingerprint density at radius 1 is 1.05 bits per heavy atom. The Hall–Kier alpha value is -2.65. The van der Waals surface area contributed by atoms with Crippen molar-refractivity contribution in [3.63, 3.8) is 0 Å². The van der Waals surface area contributed by atoms with E-state index in [2.05, 4.69) is 0 Å². The number of ether oxygens (including phenoxy) is 4. The molecule has 1 heterocycles. The van der Waals surface area contributed by atoms with Crippen LogP contribution in [0.2, 0.25) is 0 Å². The van der Waals surface area contributed by atoms with E-state index in [9.17, 15) is 14.4 Å². The lowest BCUT2D eigenvalue weighted by Crippen LogP contribution is -2.59. The molecule has 9 nitrogen and oxygen atoms in total. The van der Waals surface area contributed by atoms with Crippen LogP contribution < -0.4 is 0 Å². The van der Waals surface area contributed by atoms with E-state index >= 15 is 0 Å². The number of unbranched alkanes of at least 4 members (excludes halogenated alkanes) is 1. The van der Waals surface area contributed by atoms with Crippen LogP contribution >= 0.6 is 0 Å². The van der Waals surface area contributed by atoms with Crippen LogP contribution in [0.4, 0.5) is 4.79 Å². The van der Waals surface area contributed by atoms with Gasteiger partial charge >= 0.3 is 12.1 Å². The van der Waals surface area contributed by atoms with Gasteiger partial charge in [-0.2, -0.15) is 0 Å². The standard InChI is InChI=1S/C28H44N2O7/c1-7-8-14-23(26(32)35-6)30(27(33)37-28(2,3)4)24(19-21-12-10-9-11-13-21)25(31)29-17-15-22(16-18-29)36-20-34-5/h9-13,22-24H,7-8,14-20H2,1-6H3. The van der Waals surface area contributed by atoms with Crippen molar-refractivity contribution in [1.82, 2.24) is 9.80 Å². The molecular weight excluding hydrogens is 476 g/mol. The van der Waals surface area contributed by atoms with Gasteiger partial charge in [0.2, 0.25) is 5.91 Å². The molecule has 9 heteroatoms. The summed E-state index contributed by atoms with van der Waals surface area (Å²) in [5, 5.41) is 0. The summed E-state index contributed by atoms with van der Waals surface area (Å²) in [5.41, 5.74) is 0.0739. The molecule has 1 aliphatic rings. The Bertz CT molecular complexity index is 848. The topological polar surface area (TPSA) is 94.6 Å². The molecule has 0 bridgehead atoms. The van der Waals surface area contributed by atoms with Crippen molar-refractivity contribution in [3.8, 4) is 0 Å². The minimum Gasteiger partial charge on any atom is -0.467 e. The number of benzene rings is 1. The van der Waals surface area contributed by atoms with E-state index in [1.54, 1.807) is 32.8 Å². The number of amides is 2. The van der Waals surface area contributed by atoms with Crippen LogP contribution in [0.15, 0.2) is 30.3 Å². The fourth-order valence-corrected chi connectivity index (χ4v) is 4.45. The molecule has 0 spiro atoms. The molecule has 1 aromatic rings. The molecule has 1 fully saturated rings. The second-order valence-electron chi connectivity index (χ2n) is 10.4. The molecule has 1 aromatic carbocycles. The van der Waals surface area contributed by atoms with Crippen LogP contribution in [0.3, 0.4) is 0 Å². The van der Waals surface area contributed by atoms with Crippen LogP contribution in [0.1, 0.15) is 65.4 Å². The third kappa shape index (κ3) is 9.63. The number of likely N-dealkylation sites (tertiary alicyclic amines) is 1. The molecule has 2 unspecified atom stereocenters. The molecule has 0 radical (unpaired) electrons. The highest BCUT2D eigenvalue weighted by atomic mass is 16.7. The zero-order valence-corrected chi connectivity index (χ0v) is 23.2. The van der Waals surface area contributed by atoms with E-state index in [4.69, 9.17) is 18.9 Å². The van der Waals surface area contributed by atoms with Gasteiger partial charge in [-0.15, -0.1) is 0 Å². The number of hydrogen-bond acceptors (Lipinski definition) is 7. The molecule has 208 valence electrons. The third-order valence-corrected chi connectivity index (χ3v) is 6.31. The minimum atomic E-state index is -0.944. The summed E-state index contributed by atoms with van der Waals surface area (Å²) >= 11 is 0. The summed E-state index contributed by atoms with van der Waals surface area (Å²) in [4.78, 5) is 43.8. The third-order valence-electron chi connectivity index (χ3n) is 6.31. The molecule has 2 rings (SSSR count). The molecular formula is C28H44N2O7. The quantitative estimate of drug-likeness (QED) is 0.301. The highest BCUT2D eigenvalue weighted by Gasteiger charge is 2.43. The predicted molar refractivity (Wildman–Crippen MR) is 140 cm³/mol. The van der Waals surface area contributed by atoms with Gasteiger partial charge in [-0.25, -0.2) is 9.59 Å². The summed E-state index contributed by atoms with van der Waals surface area (Å²) in [5.74, 6) is -0.776. The summed E-state index contributed by atoms with van der Waals surface area (Å²) in [6, 6.07) is 7.63. The fourth-order valence-electron chi connectivity index (χ4n) is 4.45. The molecule has 0 N–H and O–H groups in total. The molecule has 1 saturated heterocycles. The van der Waals surface area contributed by atoms with Gasteiger partial charge in [0.15, 0.2) is 0 Å². The maximum atomic E-state index is 14.1. The number of carbonyl (C=O) groups excluding carboxylic acids is 3. The summed E-state index contributed by atoms with van der Waals surface area (Å²) in [7, 11) is 2.88. The maximum absolute atomic E-state index is 14.1. The average Bonchev–Trinajstić information content (AvgIpc) is 2.87. The van der Waals surface area contributed by atoms with Crippen LogP contribution in [-0.4, -0.2) is 85.7 Å². The van der Waals surface area contributed by atoms with Gasteiger partial charge < -0.3 is 23.8 Å². The van der Waals surface area contributed by atoms with Crippen molar-refractivity contribution in [2.24, 2.45) is 0 Å². The van der Waals surface area contributed by atoms with Crippen LogP contribution in [-0.2, 0) is 35.0 Å². The van der Waals surface area contributed by atoms with Crippen molar-refractivity contribution in [3.05, 3.63) is 35.9 Å². The van der Waals surface area contributed by atoms with E-state index in [0.29, 0.717) is 38.8 Å². The number of piperidine rings is 1. The molecule has 0 saturated carbocycles. The van der Waals surface area contributed by atoms with E-state index in [-0.39, 0.29) is 25.2 Å². The first-order valence-corrected chi connectivity index (χ1v) is 13.1. The normalized spacial score (nSPS) is 16.1. The lowest BCUT2D eigenvalue weighted by atomic mass is 9.98. The zero-order valence-electron chi connectivity index (χ0n) is 23.2. The van der Waals surface area contributed by atoms with Crippen molar-refractivity contribution in [1.29, 1.82) is 0 Å². The summed E-state index contributed by atoms with van der Waals surface area (Å²) in [6.45, 7) is 8.48. The van der Waals surface area contributed by atoms with Gasteiger partial charge in [0.05, 0.1) is 13.2 Å². The Morgan fingerprint density at radius 3 is 2.24 bits per heavy atom. The summed E-state index contributed by atoms with van der Waals surface area (Å²) < 4.78 is 21.5. The SMILES string of the molecule is CCCCC(C(=O)OC)N(C(=O)OC(C)(C)C)C(Cc1ccccc1)C(=O)N1CCC(OCOC)CC1. The second-order valence-corrected chi connectivity index (χ2v) is 10.4.